The van der Waals surface area contributed by atoms with Crippen molar-refractivity contribution in [1.82, 2.24) is 4.98 Å². The van der Waals surface area contributed by atoms with Gasteiger partial charge in [0.25, 0.3) is 0 Å². The van der Waals surface area contributed by atoms with Gasteiger partial charge in [-0.3, -0.25) is 4.79 Å². The summed E-state index contributed by atoms with van der Waals surface area (Å²) in [5.41, 5.74) is 3.07. The summed E-state index contributed by atoms with van der Waals surface area (Å²) in [6, 6.07) is 9.90. The van der Waals surface area contributed by atoms with Crippen LogP contribution in [0.15, 0.2) is 41.4 Å². The quantitative estimate of drug-likeness (QED) is 0.946. The molecule has 1 amide bonds. The Hall–Kier alpha value is -2.01. The van der Waals surface area contributed by atoms with Gasteiger partial charge in [-0.15, -0.1) is 11.8 Å². The lowest BCUT2D eigenvalue weighted by molar-refractivity contribution is -0.115. The van der Waals surface area contributed by atoms with Crippen LogP contribution in [0.4, 0.5) is 5.69 Å². The Morgan fingerprint density at radius 3 is 3.10 bits per heavy atom. The molecule has 4 nitrogen and oxygen atoms in total. The van der Waals surface area contributed by atoms with Gasteiger partial charge >= 0.3 is 0 Å². The second-order valence-corrected chi connectivity index (χ2v) is 6.22. The molecule has 0 radical (unpaired) electrons. The van der Waals surface area contributed by atoms with E-state index >= 15 is 0 Å². The van der Waals surface area contributed by atoms with Gasteiger partial charge in [0.2, 0.25) is 11.8 Å². The number of nitrogens with zero attached hydrogens (tertiary/aromatic N) is 1. The number of methoxy groups -OCH3 is 1. The van der Waals surface area contributed by atoms with Gasteiger partial charge in [-0.25, -0.2) is 4.98 Å². The van der Waals surface area contributed by atoms with Gasteiger partial charge in [-0.1, -0.05) is 17.7 Å². The zero-order valence-corrected chi connectivity index (χ0v) is 12.7. The second-order valence-electron chi connectivity index (χ2n) is 4.97. The monoisotopic (exact) mass is 300 g/mol. The first-order valence-electron chi connectivity index (χ1n) is 6.73. The number of aryl methyl sites for hydroxylation is 1. The average Bonchev–Trinajstić information content (AvgIpc) is 2.91. The van der Waals surface area contributed by atoms with Crippen LogP contribution < -0.4 is 10.1 Å². The predicted octanol–water partition coefficient (Wildman–Crippen LogP) is 3.05. The van der Waals surface area contributed by atoms with Crippen molar-refractivity contribution >= 4 is 23.4 Å². The highest BCUT2D eigenvalue weighted by Gasteiger charge is 2.28. The smallest absolute Gasteiger partial charge is 0.238 e. The summed E-state index contributed by atoms with van der Waals surface area (Å²) in [5.74, 6) is 0.419. The number of hydrogen-bond donors (Lipinski definition) is 1. The maximum absolute atomic E-state index is 12.4. The first-order valence-corrected chi connectivity index (χ1v) is 7.61. The number of thioether (sulfide) groups is 1. The van der Waals surface area contributed by atoms with Crippen molar-refractivity contribution in [2.75, 3.05) is 12.4 Å². The predicted molar refractivity (Wildman–Crippen MR) is 83.9 cm³/mol. The van der Waals surface area contributed by atoms with Crippen molar-refractivity contribution in [1.29, 1.82) is 0 Å². The number of carbonyl (C=O) groups excluding carboxylic acids is 1. The minimum Gasteiger partial charge on any atom is -0.480 e. The van der Waals surface area contributed by atoms with Crippen LogP contribution >= 0.6 is 11.8 Å². The van der Waals surface area contributed by atoms with E-state index in [0.717, 1.165) is 6.42 Å². The van der Waals surface area contributed by atoms with E-state index in [1.165, 1.54) is 16.0 Å². The minimum absolute atomic E-state index is 0.0137. The van der Waals surface area contributed by atoms with Crippen molar-refractivity contribution < 1.29 is 9.53 Å². The molecule has 3 rings (SSSR count). The molecule has 5 heteroatoms. The second kappa shape index (κ2) is 5.77. The molecule has 1 aromatic carbocycles. The molecular weight excluding hydrogens is 284 g/mol. The Morgan fingerprint density at radius 1 is 1.43 bits per heavy atom. The molecule has 1 atom stereocenters. The molecule has 1 aromatic heterocycles. The van der Waals surface area contributed by atoms with Crippen LogP contribution in [0, 0.1) is 6.92 Å². The summed E-state index contributed by atoms with van der Waals surface area (Å²) < 4.78 is 5.15. The first kappa shape index (κ1) is 13.9. The lowest BCUT2D eigenvalue weighted by atomic mass is 10.1. The fourth-order valence-electron chi connectivity index (χ4n) is 2.34. The molecule has 0 bridgehead atoms. The molecule has 108 valence electrons. The van der Waals surface area contributed by atoms with Crippen molar-refractivity contribution in [2.45, 2.75) is 23.5 Å². The summed E-state index contributed by atoms with van der Waals surface area (Å²) in [4.78, 5) is 17.7. The van der Waals surface area contributed by atoms with E-state index in [1.54, 1.807) is 37.2 Å². The maximum atomic E-state index is 12.4. The highest BCUT2D eigenvalue weighted by molar-refractivity contribution is 8.01. The van der Waals surface area contributed by atoms with E-state index in [9.17, 15) is 4.79 Å². The number of nitrogens with one attached hydrogen (secondary N) is 1. The van der Waals surface area contributed by atoms with Crippen molar-refractivity contribution in [3.63, 3.8) is 0 Å². The zero-order chi connectivity index (χ0) is 14.8. The van der Waals surface area contributed by atoms with E-state index in [1.807, 2.05) is 0 Å². The summed E-state index contributed by atoms with van der Waals surface area (Å²) >= 11 is 1.62. The van der Waals surface area contributed by atoms with Gasteiger partial charge in [0.15, 0.2) is 0 Å². The van der Waals surface area contributed by atoms with E-state index < -0.39 is 0 Å². The SMILES string of the molecule is COc1ncccc1NC(=O)[C@H]1Cc2ccc(C)cc2S1. The van der Waals surface area contributed by atoms with Crippen molar-refractivity contribution in [2.24, 2.45) is 0 Å². The molecule has 0 spiro atoms. The molecule has 0 aliphatic carbocycles. The van der Waals surface area contributed by atoms with Crippen LogP contribution in [0.3, 0.4) is 0 Å². The van der Waals surface area contributed by atoms with Gasteiger partial charge in [0.1, 0.15) is 5.69 Å². The number of fused-ring (bicyclic) bond motifs is 1. The Balaban J connectivity index is 1.73. The lowest BCUT2D eigenvalue weighted by Gasteiger charge is -2.11. The number of ether oxygens (including phenoxy) is 1. The number of anilines is 1. The normalized spacial score (nSPS) is 16.4. The van der Waals surface area contributed by atoms with E-state index in [2.05, 4.69) is 35.4 Å². The molecule has 0 saturated heterocycles. The molecule has 0 unspecified atom stereocenters. The van der Waals surface area contributed by atoms with Gasteiger partial charge < -0.3 is 10.1 Å². The number of carbonyl (C=O) groups is 1. The van der Waals surface area contributed by atoms with Crippen molar-refractivity contribution in [3.8, 4) is 5.88 Å². The minimum atomic E-state index is -0.105. The number of amides is 1. The Labute approximate surface area is 127 Å². The maximum Gasteiger partial charge on any atom is 0.238 e. The molecule has 1 aliphatic rings. The van der Waals surface area contributed by atoms with Crippen molar-refractivity contribution in [3.05, 3.63) is 47.7 Å². The Kier molecular flexibility index (Phi) is 3.84. The number of pyridine rings is 1. The first-order chi connectivity index (χ1) is 10.2. The van der Waals surface area contributed by atoms with Gasteiger partial charge in [0, 0.05) is 11.1 Å². The average molecular weight is 300 g/mol. The Bertz CT molecular complexity index is 688. The van der Waals surface area contributed by atoms with E-state index in [0.29, 0.717) is 11.6 Å². The van der Waals surface area contributed by atoms with Crippen LogP contribution in [-0.4, -0.2) is 23.3 Å². The third-order valence-electron chi connectivity index (χ3n) is 3.41. The third kappa shape index (κ3) is 2.88. The van der Waals surface area contributed by atoms with E-state index in [-0.39, 0.29) is 11.2 Å². The van der Waals surface area contributed by atoms with Gasteiger partial charge in [-0.2, -0.15) is 0 Å². The molecule has 0 fully saturated rings. The van der Waals surface area contributed by atoms with Gasteiger partial charge in [-0.05, 0) is 37.1 Å². The van der Waals surface area contributed by atoms with E-state index in [4.69, 9.17) is 4.74 Å². The number of hydrogen-bond acceptors (Lipinski definition) is 4. The van der Waals surface area contributed by atoms with Crippen LogP contribution in [0.25, 0.3) is 0 Å². The fourth-order valence-corrected chi connectivity index (χ4v) is 3.63. The summed E-state index contributed by atoms with van der Waals surface area (Å²) in [7, 11) is 1.54. The van der Waals surface area contributed by atoms with Crippen LogP contribution in [0.5, 0.6) is 5.88 Å². The fraction of sp³-hybridized carbons (Fsp3) is 0.250. The zero-order valence-electron chi connectivity index (χ0n) is 11.9. The third-order valence-corrected chi connectivity index (χ3v) is 4.71. The van der Waals surface area contributed by atoms with Crippen LogP contribution in [0.1, 0.15) is 11.1 Å². The molecule has 1 N–H and O–H groups in total. The standard InChI is InChI=1S/C16H16N2O2S/c1-10-5-6-11-9-14(21-13(11)8-10)15(19)18-12-4-3-7-17-16(12)20-2/h3-8,14H,9H2,1-2H3,(H,18,19)/t14-/m1/s1. The highest BCUT2D eigenvalue weighted by Crippen LogP contribution is 2.38. The number of rotatable bonds is 3. The molecule has 0 saturated carbocycles. The number of benzene rings is 1. The summed E-state index contributed by atoms with van der Waals surface area (Å²) in [6.07, 6.45) is 2.39. The molecule has 2 aromatic rings. The molecule has 21 heavy (non-hydrogen) atoms. The highest BCUT2D eigenvalue weighted by atomic mass is 32.2. The molecule has 1 aliphatic heterocycles. The summed E-state index contributed by atoms with van der Waals surface area (Å²) in [6.45, 7) is 2.06. The topological polar surface area (TPSA) is 51.2 Å². The largest absolute Gasteiger partial charge is 0.480 e. The van der Waals surface area contributed by atoms with Crippen LogP contribution in [-0.2, 0) is 11.2 Å². The Morgan fingerprint density at radius 2 is 2.29 bits per heavy atom. The summed E-state index contributed by atoms with van der Waals surface area (Å²) in [5, 5.41) is 2.80. The lowest BCUT2D eigenvalue weighted by Crippen LogP contribution is -2.25. The van der Waals surface area contributed by atoms with Crippen LogP contribution in [0.2, 0.25) is 0 Å². The molecule has 2 heterocycles. The van der Waals surface area contributed by atoms with Gasteiger partial charge in [0.05, 0.1) is 12.4 Å². The number of aromatic nitrogens is 1. The molecular formula is C16H16N2O2S.